The molecule has 2 aromatic rings. The van der Waals surface area contributed by atoms with E-state index >= 15 is 0 Å². The van der Waals surface area contributed by atoms with Gasteiger partial charge in [-0.2, -0.15) is 0 Å². The minimum Gasteiger partial charge on any atom is -0.493 e. The molecule has 130 valence electrons. The zero-order valence-electron chi connectivity index (χ0n) is 12.9. The van der Waals surface area contributed by atoms with Gasteiger partial charge in [-0.1, -0.05) is 0 Å². The van der Waals surface area contributed by atoms with Crippen molar-refractivity contribution in [2.45, 2.75) is 12.8 Å². The molecule has 0 saturated carbocycles. The van der Waals surface area contributed by atoms with Gasteiger partial charge in [0.1, 0.15) is 11.5 Å². The number of anilines is 2. The number of hydrogen-bond donors (Lipinski definition) is 2. The number of rotatable bonds is 2. The van der Waals surface area contributed by atoms with E-state index in [-0.39, 0.29) is 0 Å². The van der Waals surface area contributed by atoms with Crippen LogP contribution in [-0.2, 0) is 12.8 Å². The highest BCUT2D eigenvalue weighted by atomic mass is 19.2. The molecule has 8 heteroatoms. The van der Waals surface area contributed by atoms with Crippen LogP contribution in [0.1, 0.15) is 11.1 Å². The van der Waals surface area contributed by atoms with E-state index in [0.29, 0.717) is 43.2 Å². The number of halogens is 3. The number of urea groups is 1. The zero-order valence-corrected chi connectivity index (χ0v) is 12.9. The average Bonchev–Trinajstić information content (AvgIpc) is 3.24. The fourth-order valence-corrected chi connectivity index (χ4v) is 3.01. The van der Waals surface area contributed by atoms with Crippen molar-refractivity contribution in [3.63, 3.8) is 0 Å². The smallest absolute Gasteiger partial charge is 0.323 e. The van der Waals surface area contributed by atoms with E-state index in [1.54, 1.807) is 0 Å². The maximum Gasteiger partial charge on any atom is 0.323 e. The fourth-order valence-electron chi connectivity index (χ4n) is 3.01. The topological polar surface area (TPSA) is 59.6 Å². The summed E-state index contributed by atoms with van der Waals surface area (Å²) >= 11 is 0. The van der Waals surface area contributed by atoms with Gasteiger partial charge in [-0.05, 0) is 18.2 Å². The second-order valence-corrected chi connectivity index (χ2v) is 5.72. The Bertz CT molecular complexity index is 854. The first kappa shape index (κ1) is 15.6. The first-order valence-electron chi connectivity index (χ1n) is 7.70. The summed E-state index contributed by atoms with van der Waals surface area (Å²) in [4.78, 5) is 12.2. The molecule has 0 spiro atoms. The summed E-state index contributed by atoms with van der Waals surface area (Å²) < 4.78 is 51.1. The van der Waals surface area contributed by atoms with Crippen molar-refractivity contribution in [1.82, 2.24) is 0 Å². The molecule has 0 fully saturated rings. The Kier molecular flexibility index (Phi) is 3.67. The maximum atomic E-state index is 13.7. The molecule has 5 nitrogen and oxygen atoms in total. The molecular formula is C17H13F3N2O3. The number of carbonyl (C=O) groups is 1. The number of benzene rings is 2. The van der Waals surface area contributed by atoms with Crippen molar-refractivity contribution < 1.29 is 27.4 Å². The number of nitrogens with one attached hydrogen (secondary N) is 2. The highest BCUT2D eigenvalue weighted by Gasteiger charge is 2.28. The molecule has 2 aliphatic heterocycles. The highest BCUT2D eigenvalue weighted by Crippen LogP contribution is 2.44. The number of fused-ring (bicyclic) bond motifs is 2. The first-order chi connectivity index (χ1) is 12.0. The molecule has 2 N–H and O–H groups in total. The summed E-state index contributed by atoms with van der Waals surface area (Å²) in [5.74, 6) is -3.19. The monoisotopic (exact) mass is 350 g/mol. The summed E-state index contributed by atoms with van der Waals surface area (Å²) in [5, 5.41) is 4.80. The van der Waals surface area contributed by atoms with Crippen LogP contribution in [0.15, 0.2) is 18.2 Å². The van der Waals surface area contributed by atoms with E-state index in [2.05, 4.69) is 10.6 Å². The van der Waals surface area contributed by atoms with Crippen molar-refractivity contribution in [1.29, 1.82) is 0 Å². The van der Waals surface area contributed by atoms with E-state index in [1.165, 1.54) is 0 Å². The predicted octanol–water partition coefficient (Wildman–Crippen LogP) is 3.62. The molecule has 0 radical (unpaired) electrons. The van der Waals surface area contributed by atoms with Gasteiger partial charge in [0.2, 0.25) is 0 Å². The Labute approximate surface area is 140 Å². The summed E-state index contributed by atoms with van der Waals surface area (Å²) in [5.41, 5.74) is 1.71. The first-order valence-corrected chi connectivity index (χ1v) is 7.70. The number of carbonyl (C=O) groups excluding carboxylic acids is 1. The Morgan fingerprint density at radius 1 is 1.00 bits per heavy atom. The lowest BCUT2D eigenvalue weighted by atomic mass is 10.0. The number of hydrogen-bond acceptors (Lipinski definition) is 3. The van der Waals surface area contributed by atoms with Gasteiger partial charge in [0.25, 0.3) is 0 Å². The van der Waals surface area contributed by atoms with Crippen LogP contribution in [0, 0.1) is 17.5 Å². The minimum absolute atomic E-state index is 0.460. The lowest BCUT2D eigenvalue weighted by Crippen LogP contribution is -2.21. The van der Waals surface area contributed by atoms with Crippen molar-refractivity contribution in [2.24, 2.45) is 0 Å². The lowest BCUT2D eigenvalue weighted by Gasteiger charge is -2.15. The summed E-state index contributed by atoms with van der Waals surface area (Å²) in [6, 6.07) is 2.79. The van der Waals surface area contributed by atoms with Crippen molar-refractivity contribution >= 4 is 17.4 Å². The third-order valence-corrected chi connectivity index (χ3v) is 4.17. The molecule has 0 bridgehead atoms. The van der Waals surface area contributed by atoms with Gasteiger partial charge in [-0.15, -0.1) is 0 Å². The normalized spacial score (nSPS) is 14.4. The molecule has 2 amide bonds. The molecule has 0 atom stereocenters. The molecule has 0 saturated heterocycles. The Morgan fingerprint density at radius 2 is 1.80 bits per heavy atom. The minimum atomic E-state index is -1.64. The molecule has 25 heavy (non-hydrogen) atoms. The molecule has 2 heterocycles. The van der Waals surface area contributed by atoms with Crippen LogP contribution in [0.5, 0.6) is 11.5 Å². The van der Waals surface area contributed by atoms with Crippen LogP contribution in [0.3, 0.4) is 0 Å². The summed E-state index contributed by atoms with van der Waals surface area (Å²) in [6.07, 6.45) is 1.29. The molecule has 0 aromatic heterocycles. The standard InChI is InChI=1S/C17H13F3N2O3/c18-10-1-2-11(14(20)13(10)19)21-17(23)22-15-9-4-6-24-12(9)7-8-3-5-25-16(8)15/h1-2,7H,3-6H2,(H2,21,22,23). The van der Waals surface area contributed by atoms with Gasteiger partial charge in [0.15, 0.2) is 17.5 Å². The quantitative estimate of drug-likeness (QED) is 0.814. The molecule has 4 rings (SSSR count). The molecular weight excluding hydrogens is 337 g/mol. The number of amides is 2. The third kappa shape index (κ3) is 2.63. The largest absolute Gasteiger partial charge is 0.493 e. The van der Waals surface area contributed by atoms with Crippen LogP contribution in [0.25, 0.3) is 0 Å². The van der Waals surface area contributed by atoms with Gasteiger partial charge >= 0.3 is 6.03 Å². The Balaban J connectivity index is 1.61. The fraction of sp³-hybridized carbons (Fsp3) is 0.235. The van der Waals surface area contributed by atoms with E-state index in [4.69, 9.17) is 9.47 Å². The van der Waals surface area contributed by atoms with E-state index < -0.39 is 29.2 Å². The maximum absolute atomic E-state index is 13.7. The van der Waals surface area contributed by atoms with Gasteiger partial charge in [0.05, 0.1) is 24.6 Å². The summed E-state index contributed by atoms with van der Waals surface area (Å²) in [7, 11) is 0. The van der Waals surface area contributed by atoms with Gasteiger partial charge < -0.3 is 20.1 Å². The molecule has 0 aliphatic carbocycles. The highest BCUT2D eigenvalue weighted by molar-refractivity contribution is 6.02. The third-order valence-electron chi connectivity index (χ3n) is 4.17. The lowest BCUT2D eigenvalue weighted by molar-refractivity contribution is 0.261. The molecule has 2 aliphatic rings. The van der Waals surface area contributed by atoms with E-state index in [1.807, 2.05) is 6.07 Å². The van der Waals surface area contributed by atoms with Crippen molar-refractivity contribution in [3.8, 4) is 11.5 Å². The Morgan fingerprint density at radius 3 is 2.64 bits per heavy atom. The van der Waals surface area contributed by atoms with Gasteiger partial charge in [-0.25, -0.2) is 18.0 Å². The molecule has 2 aromatic carbocycles. The number of ether oxygens (including phenoxy) is 2. The van der Waals surface area contributed by atoms with Crippen LogP contribution < -0.4 is 20.1 Å². The van der Waals surface area contributed by atoms with Crippen LogP contribution in [-0.4, -0.2) is 19.2 Å². The second-order valence-electron chi connectivity index (χ2n) is 5.72. The average molecular weight is 350 g/mol. The zero-order chi connectivity index (χ0) is 17.6. The van der Waals surface area contributed by atoms with Crippen molar-refractivity contribution in [2.75, 3.05) is 23.8 Å². The SMILES string of the molecule is O=C(Nc1ccc(F)c(F)c1F)Nc1c2c(cc3c1OCC3)OCC2. The van der Waals surface area contributed by atoms with E-state index in [9.17, 15) is 18.0 Å². The van der Waals surface area contributed by atoms with Gasteiger partial charge in [-0.3, -0.25) is 0 Å². The predicted molar refractivity (Wildman–Crippen MR) is 83.8 cm³/mol. The van der Waals surface area contributed by atoms with E-state index in [0.717, 1.165) is 23.3 Å². The molecule has 0 unspecified atom stereocenters. The van der Waals surface area contributed by atoms with Crippen LogP contribution >= 0.6 is 0 Å². The van der Waals surface area contributed by atoms with Crippen LogP contribution in [0.4, 0.5) is 29.3 Å². The summed E-state index contributed by atoms with van der Waals surface area (Å²) in [6.45, 7) is 0.985. The second kappa shape index (κ2) is 5.87. The van der Waals surface area contributed by atoms with Crippen LogP contribution in [0.2, 0.25) is 0 Å². The van der Waals surface area contributed by atoms with Gasteiger partial charge in [0, 0.05) is 24.0 Å². The van der Waals surface area contributed by atoms with Crippen molar-refractivity contribution in [3.05, 3.63) is 46.8 Å². The Hall–Kier alpha value is -2.90.